The van der Waals surface area contributed by atoms with E-state index in [0.29, 0.717) is 23.3 Å². The number of alkyl halides is 6. The Morgan fingerprint density at radius 2 is 1.51 bits per heavy atom. The average Bonchev–Trinajstić information content (AvgIpc) is 2.86. The summed E-state index contributed by atoms with van der Waals surface area (Å²) in [6.45, 7) is 1.21. The minimum absolute atomic E-state index is 0.0281. The summed E-state index contributed by atoms with van der Waals surface area (Å²) in [6, 6.07) is 2.40. The van der Waals surface area contributed by atoms with Crippen molar-refractivity contribution in [1.82, 2.24) is 14.7 Å². The van der Waals surface area contributed by atoms with Crippen molar-refractivity contribution in [2.24, 2.45) is 0 Å². The summed E-state index contributed by atoms with van der Waals surface area (Å²) in [7, 11) is 0. The van der Waals surface area contributed by atoms with Crippen LogP contribution in [-0.2, 0) is 12.4 Å². The number of carbonyl (C=O) groups is 2. The number of nitrogens with zero attached hydrogens (tertiary/aromatic N) is 3. The molecule has 2 atom stereocenters. The average molecular weight is 559 g/mol. The number of piperazine rings is 1. The number of urea groups is 1. The molecule has 0 spiro atoms. The minimum Gasteiger partial charge on any atom is -0.465 e. The molecular weight excluding hydrogens is 535 g/mol. The van der Waals surface area contributed by atoms with E-state index in [0.717, 1.165) is 4.90 Å². The second kappa shape index (κ2) is 10.4. The minimum atomic E-state index is -5.05. The van der Waals surface area contributed by atoms with Crippen LogP contribution in [0.3, 0.4) is 0 Å². The van der Waals surface area contributed by atoms with Gasteiger partial charge in [-0.3, -0.25) is 0 Å². The zero-order valence-electron chi connectivity index (χ0n) is 20.6. The maximum absolute atomic E-state index is 13.9. The van der Waals surface area contributed by atoms with Gasteiger partial charge < -0.3 is 19.8 Å². The first-order chi connectivity index (χ1) is 18.2. The van der Waals surface area contributed by atoms with Crippen molar-refractivity contribution in [3.8, 4) is 0 Å². The molecule has 1 saturated heterocycles. The highest BCUT2D eigenvalue weighted by atomic mass is 19.4. The van der Waals surface area contributed by atoms with E-state index >= 15 is 0 Å². The van der Waals surface area contributed by atoms with E-state index in [4.69, 9.17) is 0 Å². The Kier molecular flexibility index (Phi) is 7.55. The van der Waals surface area contributed by atoms with Gasteiger partial charge in [0.05, 0.1) is 23.2 Å². The molecule has 1 N–H and O–H groups in total. The van der Waals surface area contributed by atoms with Crippen LogP contribution in [0.15, 0.2) is 48.6 Å². The van der Waals surface area contributed by atoms with Crippen molar-refractivity contribution >= 4 is 12.1 Å². The zero-order chi connectivity index (χ0) is 28.7. The van der Waals surface area contributed by atoms with Gasteiger partial charge in [-0.25, -0.2) is 14.0 Å². The van der Waals surface area contributed by atoms with E-state index in [9.17, 15) is 45.4 Å². The van der Waals surface area contributed by atoms with E-state index in [-0.39, 0.29) is 44.2 Å². The summed E-state index contributed by atoms with van der Waals surface area (Å²) < 4.78 is 94.8. The van der Waals surface area contributed by atoms with Crippen molar-refractivity contribution in [2.45, 2.75) is 37.8 Å². The van der Waals surface area contributed by atoms with Crippen molar-refractivity contribution in [1.29, 1.82) is 0 Å². The number of carboxylic acid groups (broad SMARTS) is 1. The second-order valence-electron chi connectivity index (χ2n) is 9.44. The van der Waals surface area contributed by atoms with Crippen molar-refractivity contribution in [3.05, 3.63) is 82.2 Å². The predicted octanol–water partition coefficient (Wildman–Crippen LogP) is 6.63. The third kappa shape index (κ3) is 5.96. The normalized spacial score (nSPS) is 20.4. The molecule has 2 heterocycles. The van der Waals surface area contributed by atoms with Gasteiger partial charge in [0.25, 0.3) is 0 Å². The monoisotopic (exact) mass is 559 g/mol. The van der Waals surface area contributed by atoms with Gasteiger partial charge in [-0.05, 0) is 60.4 Å². The highest BCUT2D eigenvalue weighted by Gasteiger charge is 2.41. The number of rotatable bonds is 2. The van der Waals surface area contributed by atoms with Crippen molar-refractivity contribution in [2.75, 3.05) is 26.2 Å². The summed E-state index contributed by atoms with van der Waals surface area (Å²) >= 11 is 0. The van der Waals surface area contributed by atoms with Gasteiger partial charge in [-0.1, -0.05) is 18.2 Å². The quantitative estimate of drug-likeness (QED) is 0.332. The topological polar surface area (TPSA) is 64.1 Å². The largest absolute Gasteiger partial charge is 0.465 e. The predicted molar refractivity (Wildman–Crippen MR) is 125 cm³/mol. The molecule has 0 aromatic heterocycles. The molecule has 2 aliphatic heterocycles. The first-order valence-corrected chi connectivity index (χ1v) is 11.9. The molecule has 0 bridgehead atoms. The lowest BCUT2D eigenvalue weighted by Gasteiger charge is -2.45. The fraction of sp³-hybridized carbons (Fsp3) is 0.385. The lowest BCUT2D eigenvalue weighted by atomic mass is 9.94. The summed E-state index contributed by atoms with van der Waals surface area (Å²) in [5, 5.41) is 9.52. The van der Waals surface area contributed by atoms with E-state index in [2.05, 4.69) is 0 Å². The molecule has 0 radical (unpaired) electrons. The Balaban J connectivity index is 1.74. The fourth-order valence-corrected chi connectivity index (χ4v) is 5.00. The Morgan fingerprint density at radius 1 is 0.872 bits per heavy atom. The molecular formula is C26H24F7N3O3. The smallest absolute Gasteiger partial charge is 0.416 e. The van der Waals surface area contributed by atoms with Gasteiger partial charge in [0.15, 0.2) is 0 Å². The van der Waals surface area contributed by atoms with Crippen LogP contribution in [0, 0.1) is 12.7 Å². The van der Waals surface area contributed by atoms with Gasteiger partial charge in [-0.15, -0.1) is 0 Å². The van der Waals surface area contributed by atoms with Crippen LogP contribution in [0.4, 0.5) is 40.3 Å². The lowest BCUT2D eigenvalue weighted by molar-refractivity contribution is -0.143. The summed E-state index contributed by atoms with van der Waals surface area (Å²) in [5.74, 6) is -0.536. The third-order valence-electron chi connectivity index (χ3n) is 6.93. The van der Waals surface area contributed by atoms with E-state index in [1.54, 1.807) is 19.1 Å². The number of benzene rings is 2. The van der Waals surface area contributed by atoms with Crippen molar-refractivity contribution in [3.63, 3.8) is 0 Å². The Labute approximate surface area is 218 Å². The van der Waals surface area contributed by atoms with Gasteiger partial charge in [-0.2, -0.15) is 26.3 Å². The molecule has 6 nitrogen and oxygen atoms in total. The third-order valence-corrected chi connectivity index (χ3v) is 6.93. The molecule has 3 amide bonds. The van der Waals surface area contributed by atoms with E-state index in [1.165, 1.54) is 28.0 Å². The Hall–Kier alpha value is -3.77. The fourth-order valence-electron chi connectivity index (χ4n) is 5.00. The Bertz CT molecular complexity index is 1260. The van der Waals surface area contributed by atoms with Crippen molar-refractivity contribution < 1.29 is 45.4 Å². The molecule has 2 aromatic carbocycles. The molecule has 2 aromatic rings. The number of aryl methyl sites for hydroxylation is 1. The van der Waals surface area contributed by atoms with Crippen LogP contribution in [0.1, 0.15) is 46.3 Å². The Morgan fingerprint density at radius 3 is 2.08 bits per heavy atom. The number of hydrogen-bond donors (Lipinski definition) is 1. The van der Waals surface area contributed by atoms with Gasteiger partial charge in [0.1, 0.15) is 5.82 Å². The van der Waals surface area contributed by atoms with Gasteiger partial charge in [0.2, 0.25) is 0 Å². The van der Waals surface area contributed by atoms with Gasteiger partial charge >= 0.3 is 24.5 Å². The molecule has 2 aliphatic rings. The molecule has 1 unspecified atom stereocenters. The van der Waals surface area contributed by atoms with E-state index < -0.39 is 53.5 Å². The highest BCUT2D eigenvalue weighted by Crippen LogP contribution is 2.40. The maximum atomic E-state index is 13.9. The molecule has 0 aliphatic carbocycles. The number of carbonyl (C=O) groups excluding carboxylic acids is 1. The molecule has 39 heavy (non-hydrogen) atoms. The first-order valence-electron chi connectivity index (χ1n) is 11.9. The first kappa shape index (κ1) is 28.2. The molecule has 0 saturated carbocycles. The second-order valence-corrected chi connectivity index (χ2v) is 9.44. The number of hydrogen-bond acceptors (Lipinski definition) is 2. The van der Waals surface area contributed by atoms with Crippen LogP contribution in [0.2, 0.25) is 0 Å². The molecule has 210 valence electrons. The standard InChI is InChI=1S/C26H24F7N3O3/c1-15-10-19(27)5-6-20(15)22-14-34(24(38)39)8-9-36(22)23(37)35-7-3-2-4-21(35)16-11-17(25(28,29)30)13-18(12-16)26(31,32)33/h2-3,5-6,10-13,21-22H,4,7-9,14H2,1H3,(H,38,39)/t21?,22-/m1/s1. The van der Waals surface area contributed by atoms with Crippen LogP contribution in [0.5, 0.6) is 0 Å². The highest BCUT2D eigenvalue weighted by molar-refractivity contribution is 5.77. The molecule has 4 rings (SSSR count). The zero-order valence-corrected chi connectivity index (χ0v) is 20.6. The number of halogens is 7. The summed E-state index contributed by atoms with van der Waals surface area (Å²) in [6.07, 6.45) is -8.19. The maximum Gasteiger partial charge on any atom is 0.416 e. The van der Waals surface area contributed by atoms with Gasteiger partial charge in [0, 0.05) is 26.2 Å². The SMILES string of the molecule is Cc1cc(F)ccc1[C@H]1CN(C(=O)O)CCN1C(=O)N1CC=CCC1c1cc(C(F)(F)F)cc(C(F)(F)F)c1. The van der Waals surface area contributed by atoms with Crippen LogP contribution in [-0.4, -0.2) is 58.1 Å². The summed E-state index contributed by atoms with van der Waals surface area (Å²) in [5.41, 5.74) is -2.37. The van der Waals surface area contributed by atoms with Crippen LogP contribution < -0.4 is 0 Å². The lowest BCUT2D eigenvalue weighted by Crippen LogP contribution is -2.56. The number of amides is 3. The molecule has 1 fully saturated rings. The summed E-state index contributed by atoms with van der Waals surface area (Å²) in [4.78, 5) is 29.1. The van der Waals surface area contributed by atoms with Crippen LogP contribution >= 0.6 is 0 Å². The van der Waals surface area contributed by atoms with Crippen LogP contribution in [0.25, 0.3) is 0 Å². The van der Waals surface area contributed by atoms with E-state index in [1.807, 2.05) is 0 Å². The molecule has 13 heteroatoms.